The van der Waals surface area contributed by atoms with Crippen LogP contribution in [0.25, 0.3) is 0 Å². The average Bonchev–Trinajstić information content (AvgIpc) is 2.39. The Morgan fingerprint density at radius 1 is 1.47 bits per heavy atom. The van der Waals surface area contributed by atoms with Gasteiger partial charge >= 0.3 is 0 Å². The van der Waals surface area contributed by atoms with Crippen molar-refractivity contribution >= 4 is 11.6 Å². The summed E-state index contributed by atoms with van der Waals surface area (Å²) >= 11 is 0. The molecule has 3 nitrogen and oxygen atoms in total. The van der Waals surface area contributed by atoms with Crippen LogP contribution in [0, 0.1) is 11.7 Å². The van der Waals surface area contributed by atoms with Crippen molar-refractivity contribution in [1.29, 1.82) is 0 Å². The Balaban J connectivity index is 2.90. The molecule has 0 heterocycles. The van der Waals surface area contributed by atoms with Crippen LogP contribution in [0.1, 0.15) is 33.1 Å². The van der Waals surface area contributed by atoms with Crippen molar-refractivity contribution in [2.45, 2.75) is 33.1 Å². The number of anilines is 1. The Bertz CT molecular complexity index is 409. The Morgan fingerprint density at radius 2 is 2.21 bits per heavy atom. The van der Waals surface area contributed by atoms with E-state index in [1.165, 1.54) is 12.1 Å². The lowest BCUT2D eigenvalue weighted by atomic mass is 10.0. The zero-order chi connectivity index (χ0) is 14.3. The van der Waals surface area contributed by atoms with Gasteiger partial charge in [-0.25, -0.2) is 4.39 Å². The van der Waals surface area contributed by atoms with E-state index >= 15 is 0 Å². The van der Waals surface area contributed by atoms with Gasteiger partial charge in [0, 0.05) is 18.2 Å². The molecule has 106 valence electrons. The maximum atomic E-state index is 13.3. The van der Waals surface area contributed by atoms with Gasteiger partial charge in [-0.2, -0.15) is 0 Å². The van der Waals surface area contributed by atoms with E-state index in [1.807, 2.05) is 6.92 Å². The summed E-state index contributed by atoms with van der Waals surface area (Å²) in [5.41, 5.74) is 6.12. The van der Waals surface area contributed by atoms with Gasteiger partial charge in [-0.15, -0.1) is 0 Å². The van der Waals surface area contributed by atoms with Crippen LogP contribution in [0.5, 0.6) is 0 Å². The van der Waals surface area contributed by atoms with Gasteiger partial charge in [0.1, 0.15) is 5.82 Å². The number of nitrogens with zero attached hydrogens (tertiary/aromatic N) is 1. The molecule has 0 radical (unpaired) electrons. The molecule has 1 unspecified atom stereocenters. The quantitative estimate of drug-likeness (QED) is 0.824. The molecule has 1 aromatic carbocycles. The minimum absolute atomic E-state index is 0.0425. The average molecular weight is 266 g/mol. The molecule has 2 N–H and O–H groups in total. The lowest BCUT2D eigenvalue weighted by Gasteiger charge is -2.26. The van der Waals surface area contributed by atoms with E-state index in [0.717, 1.165) is 12.8 Å². The fourth-order valence-corrected chi connectivity index (χ4v) is 2.08. The number of hydrogen-bond donors (Lipinski definition) is 1. The maximum absolute atomic E-state index is 13.3. The normalized spacial score (nSPS) is 12.2. The molecule has 0 aliphatic heterocycles. The smallest absolute Gasteiger partial charge is 0.229 e. The summed E-state index contributed by atoms with van der Waals surface area (Å²) in [6.45, 7) is 5.02. The summed E-state index contributed by atoms with van der Waals surface area (Å²) in [6.07, 6.45) is 2.51. The van der Waals surface area contributed by atoms with Gasteiger partial charge in [0.25, 0.3) is 0 Å². The highest BCUT2D eigenvalue weighted by atomic mass is 19.1. The first-order chi connectivity index (χ1) is 9.10. The minimum Gasteiger partial charge on any atom is -0.330 e. The number of amides is 1. The van der Waals surface area contributed by atoms with E-state index in [1.54, 1.807) is 17.0 Å². The topological polar surface area (TPSA) is 46.3 Å². The first kappa shape index (κ1) is 15.6. The van der Waals surface area contributed by atoms with Crippen LogP contribution in [0.3, 0.4) is 0 Å². The van der Waals surface area contributed by atoms with E-state index in [2.05, 4.69) is 6.92 Å². The van der Waals surface area contributed by atoms with Crippen LogP contribution in [-0.4, -0.2) is 19.0 Å². The predicted octanol–water partition coefficient (Wildman–Crippen LogP) is 2.94. The van der Waals surface area contributed by atoms with Gasteiger partial charge in [-0.3, -0.25) is 4.79 Å². The third-order valence-corrected chi connectivity index (χ3v) is 3.12. The van der Waals surface area contributed by atoms with Crippen molar-refractivity contribution in [2.75, 3.05) is 18.0 Å². The molecule has 0 aliphatic carbocycles. The fraction of sp³-hybridized carbons (Fsp3) is 0.533. The third-order valence-electron chi connectivity index (χ3n) is 3.12. The standard InChI is InChI=1S/C15H23FN2O/c1-3-6-12(2)15(19)18(10-5-9-17)14-8-4-7-13(16)11-14/h4,7-8,11-12H,3,5-6,9-10,17H2,1-2H3. The minimum atomic E-state index is -0.328. The van der Waals surface area contributed by atoms with Crippen molar-refractivity contribution in [3.05, 3.63) is 30.1 Å². The summed E-state index contributed by atoms with van der Waals surface area (Å²) < 4.78 is 13.3. The fourth-order valence-electron chi connectivity index (χ4n) is 2.08. The van der Waals surface area contributed by atoms with Gasteiger partial charge in [0.05, 0.1) is 0 Å². The van der Waals surface area contributed by atoms with E-state index in [0.29, 0.717) is 25.2 Å². The van der Waals surface area contributed by atoms with Crippen molar-refractivity contribution in [1.82, 2.24) is 0 Å². The summed E-state index contributed by atoms with van der Waals surface area (Å²) in [7, 11) is 0. The molecule has 1 atom stereocenters. The second kappa shape index (κ2) is 7.89. The SMILES string of the molecule is CCCC(C)C(=O)N(CCCN)c1cccc(F)c1. The highest BCUT2D eigenvalue weighted by molar-refractivity contribution is 5.94. The highest BCUT2D eigenvalue weighted by Crippen LogP contribution is 2.20. The molecule has 0 fully saturated rings. The Labute approximate surface area is 114 Å². The molecule has 0 aromatic heterocycles. The highest BCUT2D eigenvalue weighted by Gasteiger charge is 2.21. The third kappa shape index (κ3) is 4.63. The van der Waals surface area contributed by atoms with Crippen molar-refractivity contribution in [3.63, 3.8) is 0 Å². The summed E-state index contributed by atoms with van der Waals surface area (Å²) in [4.78, 5) is 14.1. The molecule has 1 aromatic rings. The summed E-state index contributed by atoms with van der Waals surface area (Å²) in [6, 6.07) is 6.16. The van der Waals surface area contributed by atoms with E-state index in [9.17, 15) is 9.18 Å². The predicted molar refractivity (Wildman–Crippen MR) is 76.5 cm³/mol. The monoisotopic (exact) mass is 266 g/mol. The molecule has 0 bridgehead atoms. The first-order valence-electron chi connectivity index (χ1n) is 6.87. The molecule has 1 amide bonds. The van der Waals surface area contributed by atoms with Crippen LogP contribution in [-0.2, 0) is 4.79 Å². The largest absolute Gasteiger partial charge is 0.330 e. The van der Waals surface area contributed by atoms with Crippen molar-refractivity contribution < 1.29 is 9.18 Å². The lowest BCUT2D eigenvalue weighted by molar-refractivity contribution is -0.122. The lowest BCUT2D eigenvalue weighted by Crippen LogP contribution is -2.36. The van der Waals surface area contributed by atoms with E-state index in [4.69, 9.17) is 5.73 Å². The Hall–Kier alpha value is -1.42. The van der Waals surface area contributed by atoms with Crippen LogP contribution in [0.2, 0.25) is 0 Å². The maximum Gasteiger partial charge on any atom is 0.229 e. The van der Waals surface area contributed by atoms with E-state index in [-0.39, 0.29) is 17.6 Å². The number of halogens is 1. The molecule has 0 saturated heterocycles. The van der Waals surface area contributed by atoms with Crippen LogP contribution in [0.4, 0.5) is 10.1 Å². The first-order valence-corrected chi connectivity index (χ1v) is 6.87. The van der Waals surface area contributed by atoms with Crippen molar-refractivity contribution in [2.24, 2.45) is 11.7 Å². The molecular weight excluding hydrogens is 243 g/mol. The van der Waals surface area contributed by atoms with Crippen LogP contribution >= 0.6 is 0 Å². The summed E-state index contributed by atoms with van der Waals surface area (Å²) in [5, 5.41) is 0. The molecular formula is C15H23FN2O. The molecule has 0 saturated carbocycles. The molecule has 0 aliphatic rings. The van der Waals surface area contributed by atoms with Crippen LogP contribution < -0.4 is 10.6 Å². The second-order valence-corrected chi connectivity index (χ2v) is 4.80. The molecule has 4 heteroatoms. The zero-order valence-electron chi connectivity index (χ0n) is 11.7. The number of rotatable bonds is 7. The molecule has 19 heavy (non-hydrogen) atoms. The Kier molecular flexibility index (Phi) is 6.50. The van der Waals surface area contributed by atoms with Crippen LogP contribution in [0.15, 0.2) is 24.3 Å². The number of hydrogen-bond acceptors (Lipinski definition) is 2. The van der Waals surface area contributed by atoms with Gasteiger partial charge in [0.2, 0.25) is 5.91 Å². The molecule has 1 rings (SSSR count). The van der Waals surface area contributed by atoms with E-state index < -0.39 is 0 Å². The van der Waals surface area contributed by atoms with Gasteiger partial charge < -0.3 is 10.6 Å². The number of benzene rings is 1. The van der Waals surface area contributed by atoms with Gasteiger partial charge in [-0.05, 0) is 37.6 Å². The van der Waals surface area contributed by atoms with Gasteiger partial charge in [0.15, 0.2) is 0 Å². The zero-order valence-corrected chi connectivity index (χ0v) is 11.7. The van der Waals surface area contributed by atoms with Crippen molar-refractivity contribution in [3.8, 4) is 0 Å². The van der Waals surface area contributed by atoms with Gasteiger partial charge in [-0.1, -0.05) is 26.3 Å². The second-order valence-electron chi connectivity index (χ2n) is 4.80. The number of nitrogens with two attached hydrogens (primary N) is 1. The molecule has 0 spiro atoms. The summed E-state index contributed by atoms with van der Waals surface area (Å²) in [5.74, 6) is -0.335. The number of carbonyl (C=O) groups is 1. The Morgan fingerprint density at radius 3 is 2.79 bits per heavy atom. The number of carbonyl (C=O) groups excluding carboxylic acids is 1.